The summed E-state index contributed by atoms with van der Waals surface area (Å²) in [6.45, 7) is 0.382. The summed E-state index contributed by atoms with van der Waals surface area (Å²) in [4.78, 5) is 0. The first-order valence-electron chi connectivity index (χ1n) is 7.26. The van der Waals surface area contributed by atoms with E-state index < -0.39 is 0 Å². The van der Waals surface area contributed by atoms with Crippen molar-refractivity contribution in [1.82, 2.24) is 14.8 Å². The van der Waals surface area contributed by atoms with E-state index in [0.29, 0.717) is 6.61 Å². The first-order chi connectivity index (χ1) is 11.6. The van der Waals surface area contributed by atoms with Crippen LogP contribution < -0.4 is 4.74 Å². The Labute approximate surface area is 158 Å². The summed E-state index contributed by atoms with van der Waals surface area (Å²) in [5.74, 6) is 2.41. The molecule has 0 aliphatic carbocycles. The Morgan fingerprint density at radius 1 is 1.08 bits per heavy atom. The molecule has 0 saturated carbocycles. The van der Waals surface area contributed by atoms with Gasteiger partial charge in [0.05, 0.1) is 0 Å². The minimum absolute atomic E-state index is 0.382. The van der Waals surface area contributed by atoms with Crippen LogP contribution >= 0.6 is 39.3 Å². The Morgan fingerprint density at radius 2 is 1.79 bits per heavy atom. The van der Waals surface area contributed by atoms with Gasteiger partial charge >= 0.3 is 0 Å². The molecule has 0 atom stereocenters. The summed E-state index contributed by atoms with van der Waals surface area (Å²) in [6, 6.07) is 15.5. The first-order valence-corrected chi connectivity index (χ1v) is 9.41. The fourth-order valence-corrected chi connectivity index (χ4v) is 3.28. The highest BCUT2D eigenvalue weighted by Crippen LogP contribution is 2.23. The van der Waals surface area contributed by atoms with Gasteiger partial charge in [-0.25, -0.2) is 0 Å². The number of rotatable bonds is 6. The molecule has 2 aromatic carbocycles. The van der Waals surface area contributed by atoms with E-state index in [2.05, 4.69) is 26.1 Å². The van der Waals surface area contributed by atoms with Crippen LogP contribution in [0.5, 0.6) is 5.75 Å². The van der Waals surface area contributed by atoms with E-state index in [-0.39, 0.29) is 0 Å². The molecule has 0 unspecified atom stereocenters. The minimum Gasteiger partial charge on any atom is -0.486 e. The normalized spacial score (nSPS) is 10.8. The van der Waals surface area contributed by atoms with Crippen LogP contribution in [0.1, 0.15) is 11.4 Å². The molecule has 124 valence electrons. The largest absolute Gasteiger partial charge is 0.486 e. The van der Waals surface area contributed by atoms with Gasteiger partial charge in [-0.1, -0.05) is 51.4 Å². The molecule has 24 heavy (non-hydrogen) atoms. The van der Waals surface area contributed by atoms with Gasteiger partial charge in [-0.2, -0.15) is 0 Å². The van der Waals surface area contributed by atoms with Gasteiger partial charge in [0.15, 0.2) is 11.0 Å². The maximum Gasteiger partial charge on any atom is 0.191 e. The van der Waals surface area contributed by atoms with Crippen LogP contribution in [-0.4, -0.2) is 14.8 Å². The van der Waals surface area contributed by atoms with Gasteiger partial charge < -0.3 is 9.30 Å². The first kappa shape index (κ1) is 17.3. The molecule has 0 saturated heterocycles. The number of ether oxygens (including phenoxy) is 1. The zero-order chi connectivity index (χ0) is 16.9. The Balaban J connectivity index is 1.58. The number of hydrogen-bond donors (Lipinski definition) is 0. The van der Waals surface area contributed by atoms with E-state index in [9.17, 15) is 0 Å². The molecule has 0 aliphatic heterocycles. The van der Waals surface area contributed by atoms with E-state index in [1.807, 2.05) is 60.1 Å². The van der Waals surface area contributed by atoms with Gasteiger partial charge in [-0.05, 0) is 42.0 Å². The molecule has 1 aromatic heterocycles. The van der Waals surface area contributed by atoms with Crippen molar-refractivity contribution in [3.63, 3.8) is 0 Å². The van der Waals surface area contributed by atoms with Crippen LogP contribution in [0.3, 0.4) is 0 Å². The van der Waals surface area contributed by atoms with Crippen LogP contribution in [0.4, 0.5) is 0 Å². The van der Waals surface area contributed by atoms with E-state index in [1.54, 1.807) is 11.8 Å². The third kappa shape index (κ3) is 4.53. The molecule has 1 heterocycles. The fourth-order valence-electron chi connectivity index (χ4n) is 2.00. The van der Waals surface area contributed by atoms with Crippen LogP contribution in [0.2, 0.25) is 5.02 Å². The highest BCUT2D eigenvalue weighted by Gasteiger charge is 2.10. The topological polar surface area (TPSA) is 39.9 Å². The molecular weight excluding hydrogens is 410 g/mol. The summed E-state index contributed by atoms with van der Waals surface area (Å²) in [5.41, 5.74) is 1.19. The predicted octanol–water partition coefficient (Wildman–Crippen LogP) is 5.10. The van der Waals surface area contributed by atoms with Gasteiger partial charge in [0, 0.05) is 22.3 Å². The molecule has 4 nitrogen and oxygen atoms in total. The summed E-state index contributed by atoms with van der Waals surface area (Å²) in [6.07, 6.45) is 0. The highest BCUT2D eigenvalue weighted by molar-refractivity contribution is 9.10. The SMILES string of the molecule is Cn1c(COc2ccc(Br)cc2)nnc1SCc1ccc(Cl)cc1. The smallest absolute Gasteiger partial charge is 0.191 e. The van der Waals surface area contributed by atoms with E-state index in [4.69, 9.17) is 16.3 Å². The van der Waals surface area contributed by atoms with E-state index >= 15 is 0 Å². The Kier molecular flexibility index (Phi) is 5.81. The third-order valence-electron chi connectivity index (χ3n) is 3.39. The highest BCUT2D eigenvalue weighted by atomic mass is 79.9. The molecular formula is C17H15BrClN3OS. The summed E-state index contributed by atoms with van der Waals surface area (Å²) < 4.78 is 8.73. The van der Waals surface area contributed by atoms with Crippen molar-refractivity contribution in [3.05, 3.63) is 69.4 Å². The lowest BCUT2D eigenvalue weighted by Crippen LogP contribution is -2.04. The molecule has 0 aliphatic rings. The van der Waals surface area contributed by atoms with Crippen LogP contribution in [-0.2, 0) is 19.4 Å². The molecule has 0 spiro atoms. The van der Waals surface area contributed by atoms with Gasteiger partial charge in [-0.3, -0.25) is 0 Å². The molecule has 3 aromatic rings. The number of aromatic nitrogens is 3. The van der Waals surface area contributed by atoms with Crippen molar-refractivity contribution in [2.45, 2.75) is 17.5 Å². The lowest BCUT2D eigenvalue weighted by molar-refractivity contribution is 0.290. The second-order valence-corrected chi connectivity index (χ2v) is 7.41. The van der Waals surface area contributed by atoms with Crippen molar-refractivity contribution in [1.29, 1.82) is 0 Å². The predicted molar refractivity (Wildman–Crippen MR) is 100 cm³/mol. The van der Waals surface area contributed by atoms with Gasteiger partial charge in [0.25, 0.3) is 0 Å². The van der Waals surface area contributed by atoms with Gasteiger partial charge in [0.1, 0.15) is 12.4 Å². The number of halogens is 2. The average Bonchev–Trinajstić information content (AvgIpc) is 2.94. The number of hydrogen-bond acceptors (Lipinski definition) is 4. The molecule has 0 amide bonds. The third-order valence-corrected chi connectivity index (χ3v) is 5.26. The number of nitrogens with zero attached hydrogens (tertiary/aromatic N) is 3. The maximum atomic E-state index is 5.90. The Hall–Kier alpha value is -1.50. The summed E-state index contributed by atoms with van der Waals surface area (Å²) in [7, 11) is 1.95. The average molecular weight is 425 g/mol. The van der Waals surface area contributed by atoms with Crippen LogP contribution in [0.15, 0.2) is 58.2 Å². The van der Waals surface area contributed by atoms with E-state index in [0.717, 1.165) is 32.0 Å². The second-order valence-electron chi connectivity index (χ2n) is 5.12. The zero-order valence-corrected chi connectivity index (χ0v) is 16.1. The Bertz CT molecular complexity index is 739. The van der Waals surface area contributed by atoms with Crippen molar-refractivity contribution < 1.29 is 4.74 Å². The molecule has 0 N–H and O–H groups in total. The van der Waals surface area contributed by atoms with Gasteiger partial charge in [-0.15, -0.1) is 10.2 Å². The van der Waals surface area contributed by atoms with Crippen LogP contribution in [0.25, 0.3) is 0 Å². The number of thioether (sulfide) groups is 1. The fraction of sp³-hybridized carbons (Fsp3) is 0.176. The van der Waals surface area contributed by atoms with Crippen molar-refractivity contribution in [3.8, 4) is 5.75 Å². The van der Waals surface area contributed by atoms with Crippen molar-refractivity contribution in [2.75, 3.05) is 0 Å². The standard InChI is InChI=1S/C17H15BrClN3OS/c1-22-16(10-23-15-8-4-13(18)5-9-15)20-21-17(22)24-11-12-2-6-14(19)7-3-12/h2-9H,10-11H2,1H3. The quantitative estimate of drug-likeness (QED) is 0.516. The monoisotopic (exact) mass is 423 g/mol. The molecule has 0 bridgehead atoms. The van der Waals surface area contributed by atoms with Crippen LogP contribution in [0, 0.1) is 0 Å². The molecule has 7 heteroatoms. The molecule has 0 radical (unpaired) electrons. The molecule has 0 fully saturated rings. The summed E-state index contributed by atoms with van der Waals surface area (Å²) >= 11 is 10.9. The maximum absolute atomic E-state index is 5.90. The van der Waals surface area contributed by atoms with Crippen molar-refractivity contribution in [2.24, 2.45) is 7.05 Å². The number of benzene rings is 2. The van der Waals surface area contributed by atoms with E-state index in [1.165, 1.54) is 5.56 Å². The second kappa shape index (κ2) is 8.05. The lowest BCUT2D eigenvalue weighted by atomic mass is 10.2. The Morgan fingerprint density at radius 3 is 2.50 bits per heavy atom. The van der Waals surface area contributed by atoms with Gasteiger partial charge in [0.2, 0.25) is 0 Å². The molecule has 3 rings (SSSR count). The summed E-state index contributed by atoms with van der Waals surface area (Å²) in [5, 5.41) is 10.1. The zero-order valence-electron chi connectivity index (χ0n) is 12.9. The minimum atomic E-state index is 0.382. The lowest BCUT2D eigenvalue weighted by Gasteiger charge is -2.07. The van der Waals surface area contributed by atoms with Crippen molar-refractivity contribution >= 4 is 39.3 Å².